The van der Waals surface area contributed by atoms with Crippen LogP contribution in [0.15, 0.2) is 18.2 Å². The van der Waals surface area contributed by atoms with Gasteiger partial charge in [0.05, 0.1) is 13.1 Å². The summed E-state index contributed by atoms with van der Waals surface area (Å²) < 4.78 is 5.83. The van der Waals surface area contributed by atoms with Crippen molar-refractivity contribution in [1.29, 1.82) is 0 Å². The lowest BCUT2D eigenvalue weighted by Gasteiger charge is -2.14. The molecule has 16 heavy (non-hydrogen) atoms. The van der Waals surface area contributed by atoms with E-state index in [1.54, 1.807) is 4.90 Å². The van der Waals surface area contributed by atoms with E-state index in [-0.39, 0.29) is 0 Å². The molecular formula is C14H22NO+. The lowest BCUT2D eigenvalue weighted by Crippen LogP contribution is -3.10. The smallest absolute Gasteiger partial charge is 0.137 e. The lowest BCUT2D eigenvalue weighted by molar-refractivity contribution is -0.887. The number of quaternary nitrogens is 1. The molecule has 0 bridgehead atoms. The van der Waals surface area contributed by atoms with Crippen LogP contribution in [0.2, 0.25) is 0 Å². The predicted molar refractivity (Wildman–Crippen MR) is 66.2 cm³/mol. The Labute approximate surface area is 98.2 Å². The summed E-state index contributed by atoms with van der Waals surface area (Å²) in [6.07, 6.45) is 2.78. The van der Waals surface area contributed by atoms with E-state index >= 15 is 0 Å². The van der Waals surface area contributed by atoms with Crippen molar-refractivity contribution in [3.05, 3.63) is 29.3 Å². The van der Waals surface area contributed by atoms with Gasteiger partial charge in [0.1, 0.15) is 18.9 Å². The number of likely N-dealkylation sites (tertiary alicyclic amines) is 1. The van der Waals surface area contributed by atoms with Crippen LogP contribution in [0, 0.1) is 13.8 Å². The number of rotatable bonds is 4. The van der Waals surface area contributed by atoms with Gasteiger partial charge in [0.25, 0.3) is 0 Å². The second-order valence-corrected chi connectivity index (χ2v) is 4.82. The Morgan fingerprint density at radius 1 is 1.19 bits per heavy atom. The molecule has 0 aliphatic carbocycles. The summed E-state index contributed by atoms with van der Waals surface area (Å²) in [4.78, 5) is 1.70. The number of hydrogen-bond acceptors (Lipinski definition) is 1. The highest BCUT2D eigenvalue weighted by Gasteiger charge is 2.14. The molecule has 1 aromatic rings. The van der Waals surface area contributed by atoms with Crippen LogP contribution in [0.1, 0.15) is 24.0 Å². The van der Waals surface area contributed by atoms with Crippen LogP contribution in [0.25, 0.3) is 0 Å². The van der Waals surface area contributed by atoms with Gasteiger partial charge in [-0.3, -0.25) is 0 Å². The lowest BCUT2D eigenvalue weighted by atomic mass is 10.1. The highest BCUT2D eigenvalue weighted by Crippen LogP contribution is 2.18. The molecule has 0 saturated carbocycles. The maximum absolute atomic E-state index is 5.83. The van der Waals surface area contributed by atoms with Crippen molar-refractivity contribution in [3.63, 3.8) is 0 Å². The minimum absolute atomic E-state index is 0.846. The van der Waals surface area contributed by atoms with E-state index in [9.17, 15) is 0 Å². The minimum atomic E-state index is 0.846. The van der Waals surface area contributed by atoms with E-state index in [1.165, 1.54) is 37.1 Å². The first-order chi connectivity index (χ1) is 7.75. The van der Waals surface area contributed by atoms with Crippen LogP contribution in [-0.2, 0) is 0 Å². The summed E-state index contributed by atoms with van der Waals surface area (Å²) in [5, 5.41) is 0. The zero-order valence-corrected chi connectivity index (χ0v) is 10.4. The SMILES string of the molecule is Cc1ccc(OCC[NH+]2CCCC2)c(C)c1. The Balaban J connectivity index is 1.80. The van der Waals surface area contributed by atoms with Crippen molar-refractivity contribution in [1.82, 2.24) is 0 Å². The van der Waals surface area contributed by atoms with Crippen molar-refractivity contribution in [2.45, 2.75) is 26.7 Å². The van der Waals surface area contributed by atoms with Crippen LogP contribution in [0.3, 0.4) is 0 Å². The Morgan fingerprint density at radius 3 is 2.62 bits per heavy atom. The second kappa shape index (κ2) is 5.35. The first-order valence-corrected chi connectivity index (χ1v) is 6.29. The highest BCUT2D eigenvalue weighted by atomic mass is 16.5. The molecule has 1 fully saturated rings. The third-order valence-electron chi connectivity index (χ3n) is 3.35. The fourth-order valence-corrected chi connectivity index (χ4v) is 2.39. The Hall–Kier alpha value is -1.02. The van der Waals surface area contributed by atoms with E-state index in [1.807, 2.05) is 0 Å². The maximum Gasteiger partial charge on any atom is 0.137 e. The second-order valence-electron chi connectivity index (χ2n) is 4.82. The van der Waals surface area contributed by atoms with Crippen LogP contribution in [0.5, 0.6) is 5.75 Å². The zero-order chi connectivity index (χ0) is 11.4. The van der Waals surface area contributed by atoms with E-state index < -0.39 is 0 Å². The molecule has 1 saturated heterocycles. The molecule has 1 heterocycles. The normalized spacial score (nSPS) is 16.6. The molecule has 1 N–H and O–H groups in total. The first-order valence-electron chi connectivity index (χ1n) is 6.29. The molecule has 2 heteroatoms. The summed E-state index contributed by atoms with van der Waals surface area (Å²) >= 11 is 0. The summed E-state index contributed by atoms with van der Waals surface area (Å²) in [5.41, 5.74) is 2.55. The topological polar surface area (TPSA) is 13.7 Å². The molecule has 1 aliphatic rings. The van der Waals surface area contributed by atoms with Gasteiger partial charge in [-0.25, -0.2) is 0 Å². The predicted octanol–water partition coefficient (Wildman–Crippen LogP) is 1.36. The molecule has 88 valence electrons. The summed E-state index contributed by atoms with van der Waals surface area (Å²) in [5.74, 6) is 1.05. The monoisotopic (exact) mass is 220 g/mol. The Bertz CT molecular complexity index is 343. The van der Waals surface area contributed by atoms with Crippen LogP contribution in [0.4, 0.5) is 0 Å². The van der Waals surface area contributed by atoms with Gasteiger partial charge in [-0.1, -0.05) is 17.7 Å². The van der Waals surface area contributed by atoms with Crippen molar-refractivity contribution >= 4 is 0 Å². The Morgan fingerprint density at radius 2 is 1.94 bits per heavy atom. The van der Waals surface area contributed by atoms with E-state index in [0.29, 0.717) is 0 Å². The highest BCUT2D eigenvalue weighted by molar-refractivity contribution is 5.35. The van der Waals surface area contributed by atoms with Gasteiger partial charge in [-0.2, -0.15) is 0 Å². The molecule has 0 amide bonds. The van der Waals surface area contributed by atoms with Gasteiger partial charge in [0.2, 0.25) is 0 Å². The van der Waals surface area contributed by atoms with Crippen LogP contribution >= 0.6 is 0 Å². The molecule has 0 unspecified atom stereocenters. The standard InChI is InChI=1S/C14H21NO/c1-12-5-6-14(13(2)11-12)16-10-9-15-7-3-4-8-15/h5-6,11H,3-4,7-10H2,1-2H3/p+1. The third-order valence-corrected chi connectivity index (χ3v) is 3.35. The average molecular weight is 220 g/mol. The van der Waals surface area contributed by atoms with Crippen LogP contribution in [-0.4, -0.2) is 26.2 Å². The number of nitrogens with one attached hydrogen (secondary N) is 1. The molecule has 2 rings (SSSR count). The van der Waals surface area contributed by atoms with Crippen molar-refractivity contribution < 1.29 is 9.64 Å². The number of aryl methyl sites for hydroxylation is 2. The summed E-state index contributed by atoms with van der Waals surface area (Å²) in [7, 11) is 0. The molecular weight excluding hydrogens is 198 g/mol. The van der Waals surface area contributed by atoms with E-state index in [4.69, 9.17) is 4.74 Å². The van der Waals surface area contributed by atoms with Gasteiger partial charge in [-0.05, 0) is 25.5 Å². The van der Waals surface area contributed by atoms with Crippen LogP contribution < -0.4 is 9.64 Å². The molecule has 0 atom stereocenters. The number of ether oxygens (including phenoxy) is 1. The number of hydrogen-bond donors (Lipinski definition) is 1. The van der Waals surface area contributed by atoms with Crippen molar-refractivity contribution in [2.75, 3.05) is 26.2 Å². The largest absolute Gasteiger partial charge is 0.487 e. The summed E-state index contributed by atoms with van der Waals surface area (Å²) in [6.45, 7) is 8.88. The fourth-order valence-electron chi connectivity index (χ4n) is 2.39. The van der Waals surface area contributed by atoms with Crippen molar-refractivity contribution in [3.8, 4) is 5.75 Å². The maximum atomic E-state index is 5.83. The zero-order valence-electron chi connectivity index (χ0n) is 10.4. The molecule has 2 nitrogen and oxygen atoms in total. The van der Waals surface area contributed by atoms with Gasteiger partial charge in [0, 0.05) is 12.8 Å². The molecule has 1 aliphatic heterocycles. The average Bonchev–Trinajstić information content (AvgIpc) is 2.74. The van der Waals surface area contributed by atoms with Gasteiger partial charge in [0.15, 0.2) is 0 Å². The first kappa shape index (κ1) is 11.5. The molecule has 1 aromatic carbocycles. The van der Waals surface area contributed by atoms with E-state index in [0.717, 1.165) is 18.9 Å². The third kappa shape index (κ3) is 2.99. The summed E-state index contributed by atoms with van der Waals surface area (Å²) in [6, 6.07) is 6.38. The van der Waals surface area contributed by atoms with E-state index in [2.05, 4.69) is 32.0 Å². The van der Waals surface area contributed by atoms with Gasteiger partial charge < -0.3 is 9.64 Å². The molecule has 0 spiro atoms. The fraction of sp³-hybridized carbons (Fsp3) is 0.571. The van der Waals surface area contributed by atoms with Crippen molar-refractivity contribution in [2.24, 2.45) is 0 Å². The molecule has 0 aromatic heterocycles. The molecule has 0 radical (unpaired) electrons. The number of benzene rings is 1. The van der Waals surface area contributed by atoms with Gasteiger partial charge in [-0.15, -0.1) is 0 Å². The quantitative estimate of drug-likeness (QED) is 0.809. The Kier molecular flexibility index (Phi) is 3.83. The minimum Gasteiger partial charge on any atom is -0.487 e. The van der Waals surface area contributed by atoms with Gasteiger partial charge >= 0.3 is 0 Å².